The van der Waals surface area contributed by atoms with E-state index in [1.54, 1.807) is 43.8 Å². The van der Waals surface area contributed by atoms with Crippen LogP contribution in [0, 0.1) is 6.92 Å². The maximum atomic E-state index is 12.8. The molecule has 2 aliphatic heterocycles. The van der Waals surface area contributed by atoms with Crippen LogP contribution in [0.25, 0.3) is 0 Å². The molecule has 232 valence electrons. The van der Waals surface area contributed by atoms with Crippen LogP contribution in [-0.4, -0.2) is 61.2 Å². The van der Waals surface area contributed by atoms with Gasteiger partial charge in [0.15, 0.2) is 5.75 Å². The Kier molecular flexibility index (Phi) is 11.4. The number of ether oxygens (including phenoxy) is 5. The summed E-state index contributed by atoms with van der Waals surface area (Å²) in [6.07, 6.45) is 6.59. The number of cyclic esters (lactones) is 1. The van der Waals surface area contributed by atoms with Crippen molar-refractivity contribution in [3.05, 3.63) is 75.3 Å². The molecule has 44 heavy (non-hydrogen) atoms. The predicted octanol–water partition coefficient (Wildman–Crippen LogP) is 5.68. The van der Waals surface area contributed by atoms with E-state index in [0.717, 1.165) is 16.9 Å². The van der Waals surface area contributed by atoms with Gasteiger partial charge in [0.25, 0.3) is 5.17 Å². The molecule has 12 heteroatoms. The lowest BCUT2D eigenvalue weighted by atomic mass is 9.94. The van der Waals surface area contributed by atoms with Crippen LogP contribution in [0.15, 0.2) is 52.5 Å². The molecule has 0 saturated carbocycles. The quantitative estimate of drug-likeness (QED) is 0.135. The molecule has 10 nitrogen and oxygen atoms in total. The topological polar surface area (TPSA) is 122 Å². The van der Waals surface area contributed by atoms with E-state index in [1.807, 2.05) is 30.7 Å². The van der Waals surface area contributed by atoms with E-state index >= 15 is 0 Å². The minimum Gasteiger partial charge on any atom is -0.496 e. The van der Waals surface area contributed by atoms with Crippen molar-refractivity contribution in [1.82, 2.24) is 0 Å². The number of carbonyl (C=O) groups excluding carboxylic acids is 3. The minimum atomic E-state index is -0.509. The van der Waals surface area contributed by atoms with Crippen molar-refractivity contribution in [3.8, 4) is 11.5 Å². The van der Waals surface area contributed by atoms with Crippen molar-refractivity contribution in [2.75, 3.05) is 31.9 Å². The van der Waals surface area contributed by atoms with Gasteiger partial charge >= 0.3 is 17.9 Å². The molecule has 0 amide bonds. The molecule has 1 atom stereocenters. The van der Waals surface area contributed by atoms with Crippen molar-refractivity contribution in [2.24, 2.45) is 4.99 Å². The van der Waals surface area contributed by atoms with Crippen molar-refractivity contribution < 1.29 is 38.1 Å². The van der Waals surface area contributed by atoms with Crippen LogP contribution in [0.5, 0.6) is 11.5 Å². The second kappa shape index (κ2) is 15.4. The van der Waals surface area contributed by atoms with Crippen molar-refractivity contribution >= 4 is 63.1 Å². The maximum Gasteiger partial charge on any atom is 0.342 e. The van der Waals surface area contributed by atoms with Gasteiger partial charge in [-0.1, -0.05) is 11.6 Å². The first-order valence-corrected chi connectivity index (χ1v) is 15.7. The lowest BCUT2D eigenvalue weighted by Gasteiger charge is -2.20. The molecule has 4 rings (SSSR count). The molecule has 2 aliphatic rings. The Morgan fingerprint density at radius 2 is 1.93 bits per heavy atom. The van der Waals surface area contributed by atoms with Gasteiger partial charge in [0.1, 0.15) is 24.5 Å². The van der Waals surface area contributed by atoms with Gasteiger partial charge in [0.2, 0.25) is 0 Å². The van der Waals surface area contributed by atoms with Gasteiger partial charge in [-0.25, -0.2) is 9.59 Å². The highest BCUT2D eigenvalue weighted by atomic mass is 32.2. The Hall–Kier alpha value is -4.29. The van der Waals surface area contributed by atoms with Crippen molar-refractivity contribution in [2.45, 2.75) is 39.7 Å². The number of hydrogen-bond donors (Lipinski definition) is 1. The van der Waals surface area contributed by atoms with Crippen LogP contribution in [0.4, 0.5) is 5.69 Å². The average Bonchev–Trinajstić information content (AvgIpc) is 3.42. The van der Waals surface area contributed by atoms with E-state index in [9.17, 15) is 14.4 Å². The molecule has 0 aliphatic carbocycles. The summed E-state index contributed by atoms with van der Waals surface area (Å²) < 4.78 is 27.4. The van der Waals surface area contributed by atoms with Crippen LogP contribution < -0.4 is 14.8 Å². The van der Waals surface area contributed by atoms with E-state index in [-0.39, 0.29) is 40.4 Å². The second-order valence-corrected chi connectivity index (χ2v) is 12.1. The summed E-state index contributed by atoms with van der Waals surface area (Å²) in [5, 5.41) is 6.97. The molecule has 0 aromatic heterocycles. The molecule has 0 bridgehead atoms. The Bertz CT molecular complexity index is 1580. The van der Waals surface area contributed by atoms with Gasteiger partial charge in [-0.2, -0.15) is 10.5 Å². The summed E-state index contributed by atoms with van der Waals surface area (Å²) in [7, 11) is 2.81. The highest BCUT2D eigenvalue weighted by Gasteiger charge is 2.33. The minimum absolute atomic E-state index is 0.0115. The number of benzene rings is 2. The highest BCUT2D eigenvalue weighted by molar-refractivity contribution is 8.18. The molecule has 0 saturated heterocycles. The summed E-state index contributed by atoms with van der Waals surface area (Å²) >= 11 is 5.49. The zero-order valence-electron chi connectivity index (χ0n) is 25.0. The number of hydrogen-bond acceptors (Lipinski definition) is 10. The number of rotatable bonds is 12. The fourth-order valence-corrected chi connectivity index (χ4v) is 5.92. The van der Waals surface area contributed by atoms with Gasteiger partial charge in [-0.15, -0.1) is 0 Å². The molecule has 0 radical (unpaired) electrons. The summed E-state index contributed by atoms with van der Waals surface area (Å²) in [6, 6.07) is 6.51. The summed E-state index contributed by atoms with van der Waals surface area (Å²) in [5.74, 6) is 0.320. The molecule has 1 unspecified atom stereocenters. The van der Waals surface area contributed by atoms with E-state index in [2.05, 4.69) is 10.3 Å². The SMILES string of the molecule is COC(=O)c1ccc(NC(=S)Oc2c(C/C=C(\C)CCC(=O)OCCS3=CC=NC=C3)c(OC)c(C)c3c2C(=O)OC3)cc1. The Balaban J connectivity index is 1.47. The summed E-state index contributed by atoms with van der Waals surface area (Å²) in [4.78, 5) is 40.9. The van der Waals surface area contributed by atoms with Crippen LogP contribution in [0.2, 0.25) is 0 Å². The number of anilines is 1. The molecule has 2 aromatic carbocycles. The number of methoxy groups -OCH3 is 2. The molecule has 0 fully saturated rings. The van der Waals surface area contributed by atoms with Gasteiger partial charge in [0, 0.05) is 41.4 Å². The lowest BCUT2D eigenvalue weighted by Crippen LogP contribution is -2.19. The molecule has 0 spiro atoms. The summed E-state index contributed by atoms with van der Waals surface area (Å²) in [5.41, 5.74) is 4.30. The standard InChI is InChI=1S/C32H34N2O8S2/c1-20(6-12-26(35)40-15-18-44-16-13-33-14-17-44)5-11-24-28(38-3)21(2)25-19-41-31(37)27(25)29(24)42-32(43)34-23-9-7-22(8-10-23)30(36)39-4/h5,7-10,13-14,16-17H,6,11-12,15,18-19H2,1-4H3,(H,34,43)/b20-5+. The highest BCUT2D eigenvalue weighted by Crippen LogP contribution is 2.43. The molecule has 1 N–H and O–H groups in total. The van der Waals surface area contributed by atoms with Gasteiger partial charge < -0.3 is 29.0 Å². The molecule has 2 heterocycles. The van der Waals surface area contributed by atoms with E-state index in [0.29, 0.717) is 53.1 Å². The van der Waals surface area contributed by atoms with E-state index in [1.165, 1.54) is 7.11 Å². The first-order valence-electron chi connectivity index (χ1n) is 13.8. The number of thiocarbonyl (C=S) groups is 1. The molecular formula is C32H34N2O8S2. The first kappa shape index (κ1) is 32.6. The first-order chi connectivity index (χ1) is 21.2. The Labute approximate surface area is 264 Å². The average molecular weight is 639 g/mol. The van der Waals surface area contributed by atoms with Crippen molar-refractivity contribution in [3.63, 3.8) is 0 Å². The third-order valence-electron chi connectivity index (χ3n) is 6.98. The zero-order chi connectivity index (χ0) is 31.6. The van der Waals surface area contributed by atoms with Gasteiger partial charge in [-0.05, 0) is 79.5 Å². The molecule has 2 aromatic rings. The third-order valence-corrected chi connectivity index (χ3v) is 8.74. The number of nitrogens with one attached hydrogen (secondary N) is 1. The van der Waals surface area contributed by atoms with Gasteiger partial charge in [0.05, 0.1) is 19.8 Å². The number of aliphatic imine (C=N–C) groups is 1. The fraction of sp³-hybridized carbons (Fsp3) is 0.312. The monoisotopic (exact) mass is 638 g/mol. The lowest BCUT2D eigenvalue weighted by molar-refractivity contribution is -0.142. The summed E-state index contributed by atoms with van der Waals surface area (Å²) in [6.45, 7) is 4.25. The fourth-order valence-electron chi connectivity index (χ4n) is 4.63. The van der Waals surface area contributed by atoms with Crippen LogP contribution in [-0.2, 0) is 32.0 Å². The van der Waals surface area contributed by atoms with E-state index in [4.69, 9.17) is 35.9 Å². The van der Waals surface area contributed by atoms with Crippen LogP contribution in [0.1, 0.15) is 57.2 Å². The smallest absolute Gasteiger partial charge is 0.342 e. The van der Waals surface area contributed by atoms with Gasteiger partial charge in [-0.3, -0.25) is 9.79 Å². The zero-order valence-corrected chi connectivity index (χ0v) is 26.6. The molecular weight excluding hydrogens is 604 g/mol. The van der Waals surface area contributed by atoms with Crippen molar-refractivity contribution in [1.29, 1.82) is 0 Å². The second-order valence-electron chi connectivity index (χ2n) is 9.85. The Morgan fingerprint density at radius 1 is 1.16 bits per heavy atom. The number of nitrogens with zero attached hydrogens (tertiary/aromatic N) is 1. The normalized spacial score (nSPS) is 15.1. The van der Waals surface area contributed by atoms with Crippen LogP contribution >= 0.6 is 22.7 Å². The van der Waals surface area contributed by atoms with Crippen LogP contribution in [0.3, 0.4) is 0 Å². The number of esters is 3. The number of fused-ring (bicyclic) bond motifs is 1. The predicted molar refractivity (Wildman–Crippen MR) is 175 cm³/mol. The third kappa shape index (κ3) is 8.20. The Morgan fingerprint density at radius 3 is 2.61 bits per heavy atom. The largest absolute Gasteiger partial charge is 0.496 e. The maximum absolute atomic E-state index is 12.8. The van der Waals surface area contributed by atoms with E-state index < -0.39 is 11.9 Å². The number of carbonyl (C=O) groups is 3. The number of allylic oxidation sites excluding steroid dienone is 2.